The third-order valence-corrected chi connectivity index (χ3v) is 5.77. The van der Waals surface area contributed by atoms with E-state index in [2.05, 4.69) is 15.4 Å². The van der Waals surface area contributed by atoms with Crippen LogP contribution >= 0.6 is 0 Å². The number of anilines is 2. The molecule has 2 aromatic rings. The van der Waals surface area contributed by atoms with Gasteiger partial charge in [-0.3, -0.25) is 4.79 Å². The summed E-state index contributed by atoms with van der Waals surface area (Å²) < 4.78 is 67.2. The van der Waals surface area contributed by atoms with Crippen LogP contribution in [0.3, 0.4) is 0 Å². The molecule has 150 valence electrons. The van der Waals surface area contributed by atoms with Crippen molar-refractivity contribution in [1.29, 1.82) is 0 Å². The maximum atomic E-state index is 13.3. The Hall–Kier alpha value is -2.63. The lowest BCUT2D eigenvalue weighted by Gasteiger charge is -2.14. The summed E-state index contributed by atoms with van der Waals surface area (Å²) in [4.78, 5) is 12.1. The minimum Gasteiger partial charge on any atom is -0.398 e. The van der Waals surface area contributed by atoms with Crippen LogP contribution in [0.2, 0.25) is 0 Å². The molecule has 0 radical (unpaired) electrons. The Bertz CT molecular complexity index is 1000. The molecule has 0 saturated carbocycles. The fourth-order valence-electron chi connectivity index (χ4n) is 2.78. The predicted molar refractivity (Wildman–Crippen MR) is 96.7 cm³/mol. The van der Waals surface area contributed by atoms with Gasteiger partial charge in [-0.1, -0.05) is 0 Å². The number of carbonyl (C=O) groups excluding carboxylic acids is 1. The van der Waals surface area contributed by atoms with E-state index in [0.29, 0.717) is 31.6 Å². The molecule has 1 aliphatic heterocycles. The highest BCUT2D eigenvalue weighted by atomic mass is 32.2. The van der Waals surface area contributed by atoms with Gasteiger partial charge in [-0.15, -0.1) is 0 Å². The van der Waals surface area contributed by atoms with Crippen molar-refractivity contribution in [2.75, 3.05) is 24.1 Å². The Morgan fingerprint density at radius 2 is 1.82 bits per heavy atom. The molecule has 28 heavy (non-hydrogen) atoms. The first-order valence-corrected chi connectivity index (χ1v) is 9.74. The first-order chi connectivity index (χ1) is 13.2. The molecule has 1 fully saturated rings. The van der Waals surface area contributed by atoms with Crippen molar-refractivity contribution in [2.24, 2.45) is 0 Å². The molecule has 1 saturated heterocycles. The van der Waals surface area contributed by atoms with Crippen molar-refractivity contribution < 1.29 is 26.4 Å². The minimum atomic E-state index is -3.99. The molecule has 1 heterocycles. The fourth-order valence-corrected chi connectivity index (χ4v) is 4.20. The summed E-state index contributed by atoms with van der Waals surface area (Å²) in [5.41, 5.74) is 5.26. The highest BCUT2D eigenvalue weighted by Gasteiger charge is 2.25. The third-order valence-electron chi connectivity index (χ3n) is 4.19. The molecule has 1 amide bonds. The molecular weight excluding hydrogens is 397 g/mol. The second-order valence-corrected chi connectivity index (χ2v) is 7.95. The number of hydrogen-bond donors (Lipinski definition) is 4. The standard InChI is InChI=1S/C17H17F3N4O3S/c18-12-6-11(7-13(19)16(12)20)23-17(25)9-1-2-14(21)15(5-9)28(26,27)24-10-3-4-22-8-10/h1-2,5-7,10,22,24H,3-4,8,21H2,(H,23,25)/t10-/m0/s1. The first-order valence-electron chi connectivity index (χ1n) is 8.26. The summed E-state index contributed by atoms with van der Waals surface area (Å²) in [6.07, 6.45) is 0.612. The van der Waals surface area contributed by atoms with Crippen LogP contribution in [0.5, 0.6) is 0 Å². The number of nitrogen functional groups attached to an aromatic ring is 1. The second-order valence-electron chi connectivity index (χ2n) is 6.27. The molecule has 0 aliphatic carbocycles. The van der Waals surface area contributed by atoms with E-state index < -0.39 is 33.4 Å². The lowest BCUT2D eigenvalue weighted by molar-refractivity contribution is 0.102. The molecule has 1 aliphatic rings. The first kappa shape index (κ1) is 20.1. The summed E-state index contributed by atoms with van der Waals surface area (Å²) in [7, 11) is -3.99. The van der Waals surface area contributed by atoms with Gasteiger partial charge in [-0.25, -0.2) is 26.3 Å². The SMILES string of the molecule is Nc1ccc(C(=O)Nc2cc(F)c(F)c(F)c2)cc1S(=O)(=O)N[C@H]1CCNC1. The van der Waals surface area contributed by atoms with Gasteiger partial charge >= 0.3 is 0 Å². The lowest BCUT2D eigenvalue weighted by Crippen LogP contribution is -2.36. The Balaban J connectivity index is 1.85. The van der Waals surface area contributed by atoms with Gasteiger partial charge in [0.1, 0.15) is 4.90 Å². The summed E-state index contributed by atoms with van der Waals surface area (Å²) in [6, 6.07) is 4.48. The van der Waals surface area contributed by atoms with Gasteiger partial charge in [-0.2, -0.15) is 0 Å². The van der Waals surface area contributed by atoms with Crippen LogP contribution in [0.15, 0.2) is 35.2 Å². The molecule has 0 unspecified atom stereocenters. The van der Waals surface area contributed by atoms with Crippen molar-refractivity contribution >= 4 is 27.3 Å². The largest absolute Gasteiger partial charge is 0.398 e. The van der Waals surface area contributed by atoms with Crippen LogP contribution in [0.4, 0.5) is 24.5 Å². The number of amides is 1. The third kappa shape index (κ3) is 4.26. The quantitative estimate of drug-likeness (QED) is 0.438. The van der Waals surface area contributed by atoms with Crippen LogP contribution < -0.4 is 21.1 Å². The molecule has 5 N–H and O–H groups in total. The molecule has 0 aromatic heterocycles. The zero-order chi connectivity index (χ0) is 20.5. The predicted octanol–water partition coefficient (Wildman–Crippen LogP) is 1.58. The second kappa shape index (κ2) is 7.78. The molecule has 0 spiro atoms. The van der Waals surface area contributed by atoms with E-state index in [1.165, 1.54) is 12.1 Å². The molecule has 1 atom stereocenters. The fraction of sp³-hybridized carbons (Fsp3) is 0.235. The van der Waals surface area contributed by atoms with E-state index in [1.54, 1.807) is 0 Å². The van der Waals surface area contributed by atoms with Crippen LogP contribution in [0, 0.1) is 17.5 Å². The minimum absolute atomic E-state index is 0.0612. The number of benzene rings is 2. The van der Waals surface area contributed by atoms with Gasteiger partial charge in [-0.05, 0) is 31.2 Å². The molecular formula is C17H17F3N4O3S. The normalized spacial score (nSPS) is 16.9. The van der Waals surface area contributed by atoms with Crippen molar-refractivity contribution in [3.05, 3.63) is 53.3 Å². The Morgan fingerprint density at radius 3 is 2.43 bits per heavy atom. The number of halogens is 3. The highest BCUT2D eigenvalue weighted by molar-refractivity contribution is 7.89. The zero-order valence-corrected chi connectivity index (χ0v) is 15.2. The summed E-state index contributed by atoms with van der Waals surface area (Å²) in [5, 5.41) is 5.21. The number of carbonyl (C=O) groups is 1. The highest BCUT2D eigenvalue weighted by Crippen LogP contribution is 2.23. The molecule has 2 aromatic carbocycles. The number of rotatable bonds is 5. The summed E-state index contributed by atoms with van der Waals surface area (Å²) in [6.45, 7) is 1.15. The van der Waals surface area contributed by atoms with Crippen molar-refractivity contribution in [2.45, 2.75) is 17.4 Å². The van der Waals surface area contributed by atoms with Crippen LogP contribution in [-0.2, 0) is 10.0 Å². The molecule has 11 heteroatoms. The Kier molecular flexibility index (Phi) is 5.59. The number of hydrogen-bond acceptors (Lipinski definition) is 5. The molecule has 7 nitrogen and oxygen atoms in total. The van der Waals surface area contributed by atoms with E-state index in [4.69, 9.17) is 5.73 Å². The van der Waals surface area contributed by atoms with E-state index >= 15 is 0 Å². The van der Waals surface area contributed by atoms with E-state index in [1.807, 2.05) is 0 Å². The Labute approximate surface area is 159 Å². The monoisotopic (exact) mass is 414 g/mol. The topological polar surface area (TPSA) is 113 Å². The lowest BCUT2D eigenvalue weighted by atomic mass is 10.2. The smallest absolute Gasteiger partial charge is 0.255 e. The van der Waals surface area contributed by atoms with Crippen LogP contribution in [0.25, 0.3) is 0 Å². The van der Waals surface area contributed by atoms with Gasteiger partial charge in [0.15, 0.2) is 17.5 Å². The maximum absolute atomic E-state index is 13.3. The maximum Gasteiger partial charge on any atom is 0.255 e. The average molecular weight is 414 g/mol. The van der Waals surface area contributed by atoms with Crippen LogP contribution in [0.1, 0.15) is 16.8 Å². The van der Waals surface area contributed by atoms with Gasteiger partial charge in [0, 0.05) is 36.0 Å². The summed E-state index contributed by atoms with van der Waals surface area (Å²) in [5.74, 6) is -5.44. The molecule has 3 rings (SSSR count). The van der Waals surface area contributed by atoms with E-state index in [0.717, 1.165) is 6.07 Å². The van der Waals surface area contributed by atoms with Crippen molar-refractivity contribution in [3.63, 3.8) is 0 Å². The van der Waals surface area contributed by atoms with E-state index in [-0.39, 0.29) is 27.9 Å². The van der Waals surface area contributed by atoms with Gasteiger partial charge in [0.05, 0.1) is 5.69 Å². The van der Waals surface area contributed by atoms with Crippen molar-refractivity contribution in [3.8, 4) is 0 Å². The molecule has 0 bridgehead atoms. The average Bonchev–Trinajstić information content (AvgIpc) is 3.12. The summed E-state index contributed by atoms with van der Waals surface area (Å²) >= 11 is 0. The van der Waals surface area contributed by atoms with Crippen LogP contribution in [-0.4, -0.2) is 33.5 Å². The van der Waals surface area contributed by atoms with Crippen molar-refractivity contribution in [1.82, 2.24) is 10.0 Å². The number of nitrogens with one attached hydrogen (secondary N) is 3. The number of sulfonamides is 1. The van der Waals surface area contributed by atoms with Gasteiger partial charge in [0.25, 0.3) is 5.91 Å². The Morgan fingerprint density at radius 1 is 1.14 bits per heavy atom. The van der Waals surface area contributed by atoms with Gasteiger partial charge < -0.3 is 16.4 Å². The zero-order valence-electron chi connectivity index (χ0n) is 14.4. The number of nitrogens with two attached hydrogens (primary N) is 1. The van der Waals surface area contributed by atoms with Gasteiger partial charge in [0.2, 0.25) is 10.0 Å². The van der Waals surface area contributed by atoms with E-state index in [9.17, 15) is 26.4 Å².